The Labute approximate surface area is 163 Å². The molecular formula is C20H21ClN4O2. The Hall–Kier alpha value is -2.70. The summed E-state index contributed by atoms with van der Waals surface area (Å²) in [6.07, 6.45) is 2.28. The maximum atomic E-state index is 12.6. The number of carbonyl (C=O) groups is 1. The molecule has 7 heteroatoms. The Bertz CT molecular complexity index is 924. The van der Waals surface area contributed by atoms with E-state index >= 15 is 0 Å². The SMILES string of the molecule is Cl.NCc1ccc(-c2noc(CN3C(=O)CCCc4ccccc43)n2)cc1. The van der Waals surface area contributed by atoms with Crippen LogP contribution in [0, 0.1) is 0 Å². The third-order valence-electron chi connectivity index (χ3n) is 4.63. The summed E-state index contributed by atoms with van der Waals surface area (Å²) >= 11 is 0. The van der Waals surface area contributed by atoms with Crippen LogP contribution in [0.3, 0.4) is 0 Å². The van der Waals surface area contributed by atoms with Crippen molar-refractivity contribution < 1.29 is 9.32 Å². The molecule has 2 aromatic carbocycles. The Kier molecular flexibility index (Phi) is 5.88. The summed E-state index contributed by atoms with van der Waals surface area (Å²) in [7, 11) is 0. The number of carbonyl (C=O) groups excluding carboxylic acids is 1. The van der Waals surface area contributed by atoms with Crippen molar-refractivity contribution in [2.75, 3.05) is 4.90 Å². The molecule has 2 N–H and O–H groups in total. The molecule has 1 aliphatic rings. The van der Waals surface area contributed by atoms with Crippen molar-refractivity contribution in [3.63, 3.8) is 0 Å². The van der Waals surface area contributed by atoms with E-state index in [1.54, 1.807) is 4.90 Å². The van der Waals surface area contributed by atoms with Crippen LogP contribution in [-0.2, 0) is 24.3 Å². The molecule has 4 rings (SSSR count). The van der Waals surface area contributed by atoms with E-state index in [4.69, 9.17) is 10.3 Å². The predicted molar refractivity (Wildman–Crippen MR) is 105 cm³/mol. The summed E-state index contributed by atoms with van der Waals surface area (Å²) in [4.78, 5) is 18.8. The molecule has 3 aromatic rings. The highest BCUT2D eigenvalue weighted by Crippen LogP contribution is 2.28. The summed E-state index contributed by atoms with van der Waals surface area (Å²) in [5, 5.41) is 4.06. The number of aryl methyl sites for hydroxylation is 1. The number of para-hydroxylation sites is 1. The van der Waals surface area contributed by atoms with Gasteiger partial charge in [-0.2, -0.15) is 4.98 Å². The maximum absolute atomic E-state index is 12.6. The van der Waals surface area contributed by atoms with Gasteiger partial charge < -0.3 is 15.2 Å². The number of hydrogen-bond acceptors (Lipinski definition) is 5. The number of nitrogens with zero attached hydrogens (tertiary/aromatic N) is 3. The van der Waals surface area contributed by atoms with Crippen LogP contribution >= 0.6 is 12.4 Å². The minimum Gasteiger partial charge on any atom is -0.337 e. The molecule has 2 heterocycles. The van der Waals surface area contributed by atoms with E-state index < -0.39 is 0 Å². The van der Waals surface area contributed by atoms with Crippen molar-refractivity contribution in [1.29, 1.82) is 0 Å². The Morgan fingerprint density at radius 1 is 1.07 bits per heavy atom. The minimum atomic E-state index is 0. The second-order valence-corrected chi connectivity index (χ2v) is 6.37. The molecule has 140 valence electrons. The minimum absolute atomic E-state index is 0. The number of aromatic nitrogens is 2. The molecule has 0 radical (unpaired) electrons. The monoisotopic (exact) mass is 384 g/mol. The van der Waals surface area contributed by atoms with Gasteiger partial charge in [-0.15, -0.1) is 12.4 Å². The first-order valence-corrected chi connectivity index (χ1v) is 8.75. The van der Waals surface area contributed by atoms with Crippen LogP contribution in [0.5, 0.6) is 0 Å². The van der Waals surface area contributed by atoms with Crippen LogP contribution in [0.2, 0.25) is 0 Å². The van der Waals surface area contributed by atoms with Gasteiger partial charge in [0.05, 0.1) is 0 Å². The average Bonchev–Trinajstić information content (AvgIpc) is 3.09. The smallest absolute Gasteiger partial charge is 0.247 e. The molecule has 1 aromatic heterocycles. The number of hydrogen-bond donors (Lipinski definition) is 1. The summed E-state index contributed by atoms with van der Waals surface area (Å²) in [5.41, 5.74) is 9.64. The number of anilines is 1. The quantitative estimate of drug-likeness (QED) is 0.744. The first-order valence-electron chi connectivity index (χ1n) is 8.75. The Balaban J connectivity index is 0.00000210. The average molecular weight is 385 g/mol. The molecule has 0 fully saturated rings. The lowest BCUT2D eigenvalue weighted by Crippen LogP contribution is -2.29. The second-order valence-electron chi connectivity index (χ2n) is 6.37. The van der Waals surface area contributed by atoms with E-state index in [-0.39, 0.29) is 24.9 Å². The standard InChI is InChI=1S/C20H20N4O2.ClH/c21-12-14-8-10-16(11-9-14)20-22-18(26-23-20)13-24-17-6-2-1-4-15(17)5-3-7-19(24)25;/h1-2,4,6,8-11H,3,5,7,12-13,21H2;1H. The van der Waals surface area contributed by atoms with Gasteiger partial charge in [0.15, 0.2) is 0 Å². The zero-order valence-corrected chi connectivity index (χ0v) is 15.6. The summed E-state index contributed by atoms with van der Waals surface area (Å²) < 4.78 is 5.40. The van der Waals surface area contributed by atoms with Crippen LogP contribution < -0.4 is 10.6 Å². The molecule has 0 saturated heterocycles. The Morgan fingerprint density at radius 3 is 2.63 bits per heavy atom. The molecule has 1 amide bonds. The molecule has 0 bridgehead atoms. The van der Waals surface area contributed by atoms with Crippen molar-refractivity contribution in [3.8, 4) is 11.4 Å². The van der Waals surface area contributed by atoms with Crippen LogP contribution in [0.15, 0.2) is 53.1 Å². The first kappa shape index (κ1) is 19.1. The largest absolute Gasteiger partial charge is 0.337 e. The van der Waals surface area contributed by atoms with Gasteiger partial charge in [0, 0.05) is 24.2 Å². The first-order chi connectivity index (χ1) is 12.7. The fourth-order valence-electron chi connectivity index (χ4n) is 3.22. The van der Waals surface area contributed by atoms with Gasteiger partial charge in [0.1, 0.15) is 6.54 Å². The fourth-order valence-corrected chi connectivity index (χ4v) is 3.22. The van der Waals surface area contributed by atoms with Gasteiger partial charge in [0.2, 0.25) is 17.6 Å². The van der Waals surface area contributed by atoms with E-state index in [1.165, 1.54) is 5.56 Å². The van der Waals surface area contributed by atoms with Gasteiger partial charge in [-0.05, 0) is 30.0 Å². The van der Waals surface area contributed by atoms with Gasteiger partial charge >= 0.3 is 0 Å². The molecule has 0 spiro atoms. The highest BCUT2D eigenvalue weighted by Gasteiger charge is 2.24. The number of fused-ring (bicyclic) bond motifs is 1. The van der Waals surface area contributed by atoms with Gasteiger partial charge in [-0.1, -0.05) is 47.6 Å². The Morgan fingerprint density at radius 2 is 1.85 bits per heavy atom. The number of halogens is 1. The molecule has 0 unspecified atom stereocenters. The van der Waals surface area contributed by atoms with E-state index in [0.717, 1.165) is 29.7 Å². The summed E-state index contributed by atoms with van der Waals surface area (Å²) in [6.45, 7) is 0.776. The van der Waals surface area contributed by atoms with E-state index in [1.807, 2.05) is 42.5 Å². The third-order valence-corrected chi connectivity index (χ3v) is 4.63. The van der Waals surface area contributed by atoms with Gasteiger partial charge in [-0.3, -0.25) is 4.79 Å². The number of amides is 1. The van der Waals surface area contributed by atoms with Crippen LogP contribution in [0.1, 0.15) is 29.9 Å². The lowest BCUT2D eigenvalue weighted by molar-refractivity contribution is -0.118. The number of benzene rings is 2. The summed E-state index contributed by atoms with van der Waals surface area (Å²) in [6, 6.07) is 15.7. The third kappa shape index (κ3) is 4.02. The van der Waals surface area contributed by atoms with E-state index in [9.17, 15) is 4.79 Å². The highest BCUT2D eigenvalue weighted by molar-refractivity contribution is 5.94. The van der Waals surface area contributed by atoms with E-state index in [0.29, 0.717) is 24.7 Å². The van der Waals surface area contributed by atoms with Crippen molar-refractivity contribution in [3.05, 3.63) is 65.5 Å². The molecule has 1 aliphatic heterocycles. The lowest BCUT2D eigenvalue weighted by atomic mass is 10.1. The van der Waals surface area contributed by atoms with Gasteiger partial charge in [0.25, 0.3) is 0 Å². The van der Waals surface area contributed by atoms with Crippen molar-refractivity contribution >= 4 is 24.0 Å². The van der Waals surface area contributed by atoms with Crippen molar-refractivity contribution in [2.45, 2.75) is 32.4 Å². The zero-order chi connectivity index (χ0) is 17.9. The molecule has 0 saturated carbocycles. The van der Waals surface area contributed by atoms with Crippen LogP contribution in [-0.4, -0.2) is 16.0 Å². The molecule has 6 nitrogen and oxygen atoms in total. The number of nitrogens with two attached hydrogens (primary N) is 1. The zero-order valence-electron chi connectivity index (χ0n) is 14.8. The predicted octanol–water partition coefficient (Wildman–Crippen LogP) is 3.49. The maximum Gasteiger partial charge on any atom is 0.247 e. The molecular weight excluding hydrogens is 364 g/mol. The van der Waals surface area contributed by atoms with Gasteiger partial charge in [-0.25, -0.2) is 0 Å². The lowest BCUT2D eigenvalue weighted by Gasteiger charge is -2.21. The van der Waals surface area contributed by atoms with Crippen molar-refractivity contribution in [2.24, 2.45) is 5.73 Å². The highest BCUT2D eigenvalue weighted by atomic mass is 35.5. The van der Waals surface area contributed by atoms with Crippen molar-refractivity contribution in [1.82, 2.24) is 10.1 Å². The normalized spacial score (nSPS) is 13.7. The van der Waals surface area contributed by atoms with E-state index in [2.05, 4.69) is 16.2 Å². The topological polar surface area (TPSA) is 85.2 Å². The fraction of sp³-hybridized carbons (Fsp3) is 0.250. The number of rotatable bonds is 4. The van der Waals surface area contributed by atoms with Crippen LogP contribution in [0.25, 0.3) is 11.4 Å². The molecule has 0 aliphatic carbocycles. The molecule has 0 atom stereocenters. The summed E-state index contributed by atoms with van der Waals surface area (Å²) in [5.74, 6) is 1.02. The molecule has 27 heavy (non-hydrogen) atoms. The second kappa shape index (κ2) is 8.33. The van der Waals surface area contributed by atoms with Crippen LogP contribution in [0.4, 0.5) is 5.69 Å².